The number of amides is 3. The molecule has 1 aliphatic rings. The maximum absolute atomic E-state index is 13.3. The number of aryl methyl sites for hydroxylation is 1. The van der Waals surface area contributed by atoms with Gasteiger partial charge in [0.25, 0.3) is 17.4 Å². The van der Waals surface area contributed by atoms with Crippen LogP contribution in [0.15, 0.2) is 77.7 Å². The molecule has 3 N–H and O–H groups in total. The van der Waals surface area contributed by atoms with Gasteiger partial charge in [0, 0.05) is 48.8 Å². The van der Waals surface area contributed by atoms with Crippen LogP contribution in [0.3, 0.4) is 0 Å². The van der Waals surface area contributed by atoms with Crippen molar-refractivity contribution in [2.24, 2.45) is 7.05 Å². The number of carbonyl (C=O) groups is 3. The smallest absolute Gasteiger partial charge is 0.274 e. The molecule has 9 nitrogen and oxygen atoms in total. The van der Waals surface area contributed by atoms with Crippen LogP contribution in [0.4, 0.5) is 22.7 Å². The number of likely N-dealkylation sites (tertiary alicyclic amines) is 1. The molecule has 2 heterocycles. The average molecular weight is 654 g/mol. The molecule has 3 aromatic carbocycles. The molecule has 1 aliphatic heterocycles. The molecule has 0 atom stereocenters. The topological polar surface area (TPSA) is 113 Å². The lowest BCUT2D eigenvalue weighted by atomic mass is 9.86. The second kappa shape index (κ2) is 13.8. The molecule has 5 rings (SSSR count). The Morgan fingerprint density at radius 3 is 2.23 bits per heavy atom. The largest absolute Gasteiger partial charge is 0.351 e. The Balaban J connectivity index is 1.43. The number of hydrogen-bond acceptors (Lipinski definition) is 5. The third-order valence-electron chi connectivity index (χ3n) is 8.41. The van der Waals surface area contributed by atoms with E-state index >= 15 is 0 Å². The van der Waals surface area contributed by atoms with E-state index in [1.165, 1.54) is 4.57 Å². The zero-order valence-electron chi connectivity index (χ0n) is 27.4. The van der Waals surface area contributed by atoms with E-state index < -0.39 is 5.91 Å². The van der Waals surface area contributed by atoms with Gasteiger partial charge < -0.3 is 25.4 Å². The highest BCUT2D eigenvalue weighted by molar-refractivity contribution is 6.29. The normalized spacial score (nSPS) is 12.9. The fourth-order valence-electron chi connectivity index (χ4n) is 5.69. The van der Waals surface area contributed by atoms with Crippen molar-refractivity contribution in [1.29, 1.82) is 0 Å². The summed E-state index contributed by atoms with van der Waals surface area (Å²) in [5.41, 5.74) is 6.01. The Labute approximate surface area is 279 Å². The highest BCUT2D eigenvalue weighted by atomic mass is 35.5. The number of pyridine rings is 1. The minimum Gasteiger partial charge on any atom is -0.351 e. The van der Waals surface area contributed by atoms with Gasteiger partial charge in [0.1, 0.15) is 11.6 Å². The first-order chi connectivity index (χ1) is 22.3. The SMILES string of the molecule is Cc1c(NC(=O)c2ccc(C(C)(C)C)cc2)cccc1-c1cc(Nc2ccc(C(=O)N3CCCC3)c(NC(=O)CCl)c2)c(=O)n(C)c1. The van der Waals surface area contributed by atoms with Crippen LogP contribution < -0.4 is 21.5 Å². The molecule has 0 radical (unpaired) electrons. The predicted octanol–water partition coefficient (Wildman–Crippen LogP) is 7.07. The highest BCUT2D eigenvalue weighted by Gasteiger charge is 2.23. The molecule has 0 unspecified atom stereocenters. The molecule has 1 saturated heterocycles. The summed E-state index contributed by atoms with van der Waals surface area (Å²) in [5, 5.41) is 8.95. The lowest BCUT2D eigenvalue weighted by molar-refractivity contribution is -0.113. The summed E-state index contributed by atoms with van der Waals surface area (Å²) in [4.78, 5) is 53.6. The summed E-state index contributed by atoms with van der Waals surface area (Å²) in [6, 6.07) is 20.0. The fraction of sp³-hybridized carbons (Fsp3) is 0.297. The van der Waals surface area contributed by atoms with Crippen molar-refractivity contribution in [1.82, 2.24) is 9.47 Å². The standard InChI is InChI=1S/C37H40ClN5O4/c1-23-28(9-8-10-30(23)41-34(45)24-11-13-26(14-12-24)37(2,3)4)25-19-32(36(47)42(5)22-25)39-27-15-16-29(31(20-27)40-33(44)21-38)35(46)43-17-6-7-18-43/h8-16,19-20,22,39H,6-7,17-18,21H2,1-5H3,(H,40,44)(H,41,45). The predicted molar refractivity (Wildman–Crippen MR) is 189 cm³/mol. The van der Waals surface area contributed by atoms with Gasteiger partial charge in [0.2, 0.25) is 5.91 Å². The number of benzene rings is 3. The van der Waals surface area contributed by atoms with Crippen LogP contribution in [0, 0.1) is 6.92 Å². The van der Waals surface area contributed by atoms with Gasteiger partial charge in [-0.05, 0) is 84.3 Å². The van der Waals surface area contributed by atoms with Crippen LogP contribution in [0.1, 0.15) is 65.5 Å². The number of aromatic nitrogens is 1. The van der Waals surface area contributed by atoms with Gasteiger partial charge in [0.05, 0.1) is 11.3 Å². The second-order valence-electron chi connectivity index (χ2n) is 12.9. The van der Waals surface area contributed by atoms with E-state index in [1.54, 1.807) is 42.4 Å². The van der Waals surface area contributed by atoms with Gasteiger partial charge in [-0.1, -0.05) is 45.0 Å². The quantitative estimate of drug-likeness (QED) is 0.176. The number of halogens is 1. The number of anilines is 4. The van der Waals surface area contributed by atoms with Crippen molar-refractivity contribution in [3.63, 3.8) is 0 Å². The lowest BCUT2D eigenvalue weighted by Gasteiger charge is -2.19. The molecule has 3 amide bonds. The Morgan fingerprint density at radius 2 is 1.57 bits per heavy atom. The van der Waals surface area contributed by atoms with E-state index in [4.69, 9.17) is 11.6 Å². The van der Waals surface area contributed by atoms with Crippen LogP contribution in [-0.2, 0) is 17.3 Å². The van der Waals surface area contributed by atoms with Crippen molar-refractivity contribution in [3.8, 4) is 11.1 Å². The summed E-state index contributed by atoms with van der Waals surface area (Å²) in [6.07, 6.45) is 3.62. The number of nitrogens with one attached hydrogen (secondary N) is 3. The Hall–Kier alpha value is -4.89. The Kier molecular flexibility index (Phi) is 9.86. The van der Waals surface area contributed by atoms with Gasteiger partial charge in [-0.15, -0.1) is 11.6 Å². The zero-order chi connectivity index (χ0) is 33.9. The van der Waals surface area contributed by atoms with E-state index in [1.807, 2.05) is 49.4 Å². The Morgan fingerprint density at radius 1 is 0.872 bits per heavy atom. The van der Waals surface area contributed by atoms with Crippen LogP contribution in [0.2, 0.25) is 0 Å². The van der Waals surface area contributed by atoms with Crippen molar-refractivity contribution in [2.45, 2.75) is 46.0 Å². The van der Waals surface area contributed by atoms with Crippen LogP contribution >= 0.6 is 11.6 Å². The summed E-state index contributed by atoms with van der Waals surface area (Å²) < 4.78 is 1.49. The van der Waals surface area contributed by atoms with Crippen molar-refractivity contribution < 1.29 is 14.4 Å². The van der Waals surface area contributed by atoms with Crippen molar-refractivity contribution in [3.05, 3.63) is 106 Å². The molecule has 0 bridgehead atoms. The lowest BCUT2D eigenvalue weighted by Crippen LogP contribution is -2.29. The van der Waals surface area contributed by atoms with Gasteiger partial charge in [-0.3, -0.25) is 19.2 Å². The molecule has 10 heteroatoms. The maximum Gasteiger partial charge on any atom is 0.274 e. The van der Waals surface area contributed by atoms with Crippen LogP contribution in [0.5, 0.6) is 0 Å². The molecule has 0 saturated carbocycles. The van der Waals surface area contributed by atoms with E-state index in [0.29, 0.717) is 47.0 Å². The van der Waals surface area contributed by atoms with Gasteiger partial charge in [-0.2, -0.15) is 0 Å². The number of carbonyl (C=O) groups excluding carboxylic acids is 3. The third kappa shape index (κ3) is 7.58. The summed E-state index contributed by atoms with van der Waals surface area (Å²) in [5.74, 6) is -1.08. The highest BCUT2D eigenvalue weighted by Crippen LogP contribution is 2.31. The van der Waals surface area contributed by atoms with E-state index in [9.17, 15) is 19.2 Å². The molecule has 0 aliphatic carbocycles. The summed E-state index contributed by atoms with van der Waals surface area (Å²) in [6.45, 7) is 9.65. The average Bonchev–Trinajstić information content (AvgIpc) is 3.59. The van der Waals surface area contributed by atoms with Crippen LogP contribution in [0.25, 0.3) is 11.1 Å². The van der Waals surface area contributed by atoms with Crippen molar-refractivity contribution >= 4 is 52.1 Å². The maximum atomic E-state index is 13.3. The Bertz CT molecular complexity index is 1890. The number of nitrogens with zero attached hydrogens (tertiary/aromatic N) is 2. The minimum atomic E-state index is -0.443. The monoisotopic (exact) mass is 653 g/mol. The third-order valence-corrected chi connectivity index (χ3v) is 8.65. The number of alkyl halides is 1. The van der Waals surface area contributed by atoms with E-state index in [-0.39, 0.29) is 28.7 Å². The van der Waals surface area contributed by atoms with Crippen LogP contribution in [-0.4, -0.2) is 46.2 Å². The fourth-order valence-corrected chi connectivity index (χ4v) is 5.76. The second-order valence-corrected chi connectivity index (χ2v) is 13.2. The van der Waals surface area contributed by atoms with Gasteiger partial charge in [0.15, 0.2) is 0 Å². The summed E-state index contributed by atoms with van der Waals surface area (Å²) >= 11 is 5.76. The number of hydrogen-bond donors (Lipinski definition) is 3. The van der Waals surface area contributed by atoms with Gasteiger partial charge >= 0.3 is 0 Å². The molecule has 4 aromatic rings. The van der Waals surface area contributed by atoms with Crippen molar-refractivity contribution in [2.75, 3.05) is 34.9 Å². The first-order valence-electron chi connectivity index (χ1n) is 15.6. The number of rotatable bonds is 8. The zero-order valence-corrected chi connectivity index (χ0v) is 28.1. The van der Waals surface area contributed by atoms with E-state index in [2.05, 4.69) is 36.7 Å². The molecule has 244 valence electrons. The molecule has 0 spiro atoms. The molecule has 47 heavy (non-hydrogen) atoms. The minimum absolute atomic E-state index is 0.0122. The van der Waals surface area contributed by atoms with Gasteiger partial charge in [-0.25, -0.2) is 0 Å². The molecular weight excluding hydrogens is 614 g/mol. The summed E-state index contributed by atoms with van der Waals surface area (Å²) in [7, 11) is 1.67. The first kappa shape index (κ1) is 33.5. The first-order valence-corrected chi connectivity index (χ1v) is 16.2. The van der Waals surface area contributed by atoms with E-state index in [0.717, 1.165) is 35.1 Å². The molecule has 1 fully saturated rings. The molecule has 1 aromatic heterocycles. The molecular formula is C37H40ClN5O4.